The zero-order chi connectivity index (χ0) is 46.6. The van der Waals surface area contributed by atoms with Crippen LogP contribution in [0, 0.1) is 0 Å². The lowest BCUT2D eigenvalue weighted by molar-refractivity contribution is -0.332. The number of esters is 1. The highest BCUT2D eigenvalue weighted by atomic mass is 16.7. The van der Waals surface area contributed by atoms with Gasteiger partial charge in [0.1, 0.15) is 54.9 Å². The second kappa shape index (κ2) is 38.4. The van der Waals surface area contributed by atoms with E-state index in [1.807, 2.05) is 0 Å². The summed E-state index contributed by atoms with van der Waals surface area (Å²) < 4.78 is 34.2. The number of ether oxygens (including phenoxy) is 6. The third kappa shape index (κ3) is 26.1. The van der Waals surface area contributed by atoms with Crippen LogP contribution in [0.5, 0.6) is 0 Å². The Morgan fingerprint density at radius 2 is 0.969 bits per heavy atom. The SMILES string of the molecule is CCCCCC/C=C\C/C=C\CCCCCCCC(=O)OC(COCCCCCCCCCCCCCCCC)COC1OC(COC2OC(CO)C(O)C(O)C2O)C(O)C(O)C1O. The summed E-state index contributed by atoms with van der Waals surface area (Å²) in [6, 6.07) is 0. The molecule has 11 unspecified atom stereocenters. The molecule has 0 aromatic carbocycles. The van der Waals surface area contributed by atoms with Crippen LogP contribution in [0.3, 0.4) is 0 Å². The molecule has 0 amide bonds. The van der Waals surface area contributed by atoms with Gasteiger partial charge in [0, 0.05) is 13.0 Å². The van der Waals surface area contributed by atoms with Gasteiger partial charge in [-0.25, -0.2) is 0 Å². The van der Waals surface area contributed by atoms with Crippen LogP contribution in [0.2, 0.25) is 0 Å². The summed E-state index contributed by atoms with van der Waals surface area (Å²) in [5, 5.41) is 72.1. The lowest BCUT2D eigenvalue weighted by Gasteiger charge is -2.42. The maximum absolute atomic E-state index is 13.0. The van der Waals surface area contributed by atoms with Crippen molar-refractivity contribution in [2.75, 3.05) is 33.0 Å². The summed E-state index contributed by atoms with van der Waals surface area (Å²) in [4.78, 5) is 13.0. The molecule has 14 nitrogen and oxygen atoms in total. The van der Waals surface area contributed by atoms with Gasteiger partial charge >= 0.3 is 5.97 Å². The molecule has 64 heavy (non-hydrogen) atoms. The van der Waals surface area contributed by atoms with Crippen LogP contribution in [-0.2, 0) is 33.2 Å². The first-order valence-electron chi connectivity index (χ1n) is 25.4. The average molecular weight is 917 g/mol. The topological polar surface area (TPSA) is 214 Å². The first-order chi connectivity index (χ1) is 31.1. The predicted molar refractivity (Wildman–Crippen MR) is 247 cm³/mol. The van der Waals surface area contributed by atoms with Crippen LogP contribution >= 0.6 is 0 Å². The van der Waals surface area contributed by atoms with Gasteiger partial charge in [-0.05, 0) is 44.9 Å². The molecular weight excluding hydrogens is 825 g/mol. The number of aliphatic hydroxyl groups is 7. The van der Waals surface area contributed by atoms with Crippen molar-refractivity contribution in [3.8, 4) is 0 Å². The average Bonchev–Trinajstić information content (AvgIpc) is 3.29. The first kappa shape index (κ1) is 58.6. The summed E-state index contributed by atoms with van der Waals surface area (Å²) >= 11 is 0. The van der Waals surface area contributed by atoms with Crippen molar-refractivity contribution in [3.05, 3.63) is 24.3 Å². The standard InChI is InChI=1S/C50H92O14/c1-3-5-7-9-11-13-15-17-19-20-21-23-25-27-29-31-33-42(52)62-39(36-59-34-32-30-28-26-24-22-18-16-14-12-10-8-6-4-2)37-60-49-48(58)46(56)44(54)41(64-49)38-61-50-47(57)45(55)43(53)40(35-51)63-50/h13,15,19-20,39-41,43-51,53-58H,3-12,14,16-18,21-38H2,1-2H3/b15-13-,20-19-. The maximum Gasteiger partial charge on any atom is 0.306 e. The fourth-order valence-corrected chi connectivity index (χ4v) is 8.02. The fourth-order valence-electron chi connectivity index (χ4n) is 8.02. The van der Waals surface area contributed by atoms with Crippen molar-refractivity contribution in [1.82, 2.24) is 0 Å². The van der Waals surface area contributed by atoms with E-state index in [-0.39, 0.29) is 25.6 Å². The summed E-state index contributed by atoms with van der Waals surface area (Å²) in [5.41, 5.74) is 0. The van der Waals surface area contributed by atoms with E-state index in [0.717, 1.165) is 64.2 Å². The molecule has 0 aromatic heterocycles. The summed E-state index contributed by atoms with van der Waals surface area (Å²) in [5.74, 6) is -0.388. The van der Waals surface area contributed by atoms with Crippen molar-refractivity contribution in [1.29, 1.82) is 0 Å². The Labute approximate surface area is 386 Å². The molecule has 11 atom stereocenters. The van der Waals surface area contributed by atoms with Crippen LogP contribution in [0.1, 0.15) is 187 Å². The smallest absolute Gasteiger partial charge is 0.306 e. The van der Waals surface area contributed by atoms with Gasteiger partial charge in [0.05, 0.1) is 26.4 Å². The van der Waals surface area contributed by atoms with Gasteiger partial charge in [-0.2, -0.15) is 0 Å². The number of carbonyl (C=O) groups excluding carboxylic acids is 1. The second-order valence-electron chi connectivity index (χ2n) is 18.0. The number of hydrogen-bond acceptors (Lipinski definition) is 14. The van der Waals surface area contributed by atoms with Crippen molar-refractivity contribution >= 4 is 5.97 Å². The largest absolute Gasteiger partial charge is 0.457 e. The van der Waals surface area contributed by atoms with Crippen LogP contribution in [-0.4, -0.2) is 142 Å². The van der Waals surface area contributed by atoms with E-state index in [9.17, 15) is 40.5 Å². The summed E-state index contributed by atoms with van der Waals surface area (Å²) in [7, 11) is 0. The lowest BCUT2D eigenvalue weighted by Crippen LogP contribution is -2.61. The second-order valence-corrected chi connectivity index (χ2v) is 18.0. The molecule has 0 aliphatic carbocycles. The van der Waals surface area contributed by atoms with Gasteiger partial charge in [0.25, 0.3) is 0 Å². The highest BCUT2D eigenvalue weighted by Crippen LogP contribution is 2.26. The van der Waals surface area contributed by atoms with E-state index in [0.29, 0.717) is 13.0 Å². The molecule has 0 spiro atoms. The van der Waals surface area contributed by atoms with E-state index in [4.69, 9.17) is 28.4 Å². The monoisotopic (exact) mass is 917 g/mol. The summed E-state index contributed by atoms with van der Waals surface area (Å²) in [6.45, 7) is 3.67. The molecule has 0 bridgehead atoms. The molecule has 2 fully saturated rings. The van der Waals surface area contributed by atoms with Gasteiger partial charge in [-0.3, -0.25) is 4.79 Å². The predicted octanol–water partition coefficient (Wildman–Crippen LogP) is 7.24. The number of aliphatic hydroxyl groups excluding tert-OH is 7. The highest BCUT2D eigenvalue weighted by Gasteiger charge is 2.47. The molecule has 0 radical (unpaired) electrons. The van der Waals surface area contributed by atoms with E-state index >= 15 is 0 Å². The highest BCUT2D eigenvalue weighted by molar-refractivity contribution is 5.69. The van der Waals surface area contributed by atoms with E-state index < -0.39 is 80.7 Å². The summed E-state index contributed by atoms with van der Waals surface area (Å²) in [6.07, 6.45) is 23.8. The molecule has 2 aliphatic rings. The Bertz CT molecular complexity index is 1160. The number of rotatable bonds is 40. The van der Waals surface area contributed by atoms with Gasteiger partial charge in [0.2, 0.25) is 0 Å². The van der Waals surface area contributed by atoms with Gasteiger partial charge in [-0.1, -0.05) is 160 Å². The molecule has 7 N–H and O–H groups in total. The zero-order valence-electron chi connectivity index (χ0n) is 39.8. The van der Waals surface area contributed by atoms with E-state index in [1.54, 1.807) is 0 Å². The lowest BCUT2D eigenvalue weighted by atomic mass is 9.98. The quantitative estimate of drug-likeness (QED) is 0.0184. The van der Waals surface area contributed by atoms with Crippen molar-refractivity contribution in [3.63, 3.8) is 0 Å². The number of hydrogen-bond donors (Lipinski definition) is 7. The van der Waals surface area contributed by atoms with E-state index in [1.165, 1.54) is 96.3 Å². The number of allylic oxidation sites excluding steroid dienone is 4. The van der Waals surface area contributed by atoms with Crippen LogP contribution in [0.25, 0.3) is 0 Å². The molecule has 2 aliphatic heterocycles. The Morgan fingerprint density at radius 3 is 1.52 bits per heavy atom. The minimum atomic E-state index is -1.71. The Balaban J connectivity index is 1.78. The molecular formula is C50H92O14. The molecule has 0 saturated carbocycles. The Morgan fingerprint density at radius 1 is 0.516 bits per heavy atom. The molecule has 2 rings (SSSR count). The fraction of sp³-hybridized carbons (Fsp3) is 0.900. The molecule has 2 saturated heterocycles. The minimum Gasteiger partial charge on any atom is -0.457 e. The number of carbonyl (C=O) groups is 1. The molecule has 2 heterocycles. The van der Waals surface area contributed by atoms with Gasteiger partial charge in [0.15, 0.2) is 12.6 Å². The Hall–Kier alpha value is -1.53. The third-order valence-corrected chi connectivity index (χ3v) is 12.2. The molecule has 0 aromatic rings. The van der Waals surface area contributed by atoms with Crippen LogP contribution in [0.15, 0.2) is 24.3 Å². The minimum absolute atomic E-state index is 0.0596. The van der Waals surface area contributed by atoms with Crippen molar-refractivity contribution < 1.29 is 69.0 Å². The van der Waals surface area contributed by atoms with Crippen molar-refractivity contribution in [2.24, 2.45) is 0 Å². The number of unbranched alkanes of at least 4 members (excludes halogenated alkanes) is 22. The van der Waals surface area contributed by atoms with Crippen molar-refractivity contribution in [2.45, 2.75) is 255 Å². The van der Waals surface area contributed by atoms with Gasteiger partial charge in [-0.15, -0.1) is 0 Å². The molecule has 14 heteroatoms. The molecule has 376 valence electrons. The maximum atomic E-state index is 13.0. The third-order valence-electron chi connectivity index (χ3n) is 12.2. The zero-order valence-corrected chi connectivity index (χ0v) is 39.8. The van der Waals surface area contributed by atoms with Gasteiger partial charge < -0.3 is 64.2 Å². The normalized spacial score (nSPS) is 26.9. The van der Waals surface area contributed by atoms with E-state index in [2.05, 4.69) is 38.2 Å². The van der Waals surface area contributed by atoms with Crippen LogP contribution < -0.4 is 0 Å². The first-order valence-corrected chi connectivity index (χ1v) is 25.4. The Kier molecular flexibility index (Phi) is 35.2. The van der Waals surface area contributed by atoms with Crippen LogP contribution in [0.4, 0.5) is 0 Å².